The van der Waals surface area contributed by atoms with Crippen molar-refractivity contribution in [3.05, 3.63) is 0 Å². The van der Waals surface area contributed by atoms with Crippen molar-refractivity contribution in [3.8, 4) is 0 Å². The van der Waals surface area contributed by atoms with Gasteiger partial charge >= 0.3 is 0 Å². The molecule has 4 aliphatic rings. The van der Waals surface area contributed by atoms with Crippen molar-refractivity contribution in [1.29, 1.82) is 0 Å². The van der Waals surface area contributed by atoms with Crippen LogP contribution in [0.1, 0.15) is 20.8 Å². The van der Waals surface area contributed by atoms with Crippen molar-refractivity contribution >= 4 is 5.91 Å². The first-order valence-corrected chi connectivity index (χ1v) is 14.8. The van der Waals surface area contributed by atoms with Gasteiger partial charge in [0.15, 0.2) is 25.2 Å². The van der Waals surface area contributed by atoms with Crippen LogP contribution in [0.4, 0.5) is 0 Å². The lowest BCUT2D eigenvalue weighted by molar-refractivity contribution is -0.389. The normalized spacial score (nSPS) is 51.9. The number of rotatable bonds is 9. The molecule has 4 fully saturated rings. The highest BCUT2D eigenvalue weighted by molar-refractivity contribution is 5.73. The second-order valence-electron chi connectivity index (χ2n) is 11.8. The van der Waals surface area contributed by atoms with E-state index in [9.17, 15) is 61.0 Å². The Morgan fingerprint density at radius 2 is 1.07 bits per heavy atom. The van der Waals surface area contributed by atoms with Crippen molar-refractivity contribution in [2.24, 2.45) is 0 Å². The van der Waals surface area contributed by atoms with E-state index in [0.29, 0.717) is 0 Å². The summed E-state index contributed by atoms with van der Waals surface area (Å²) in [5, 5.41) is 117. The van der Waals surface area contributed by atoms with E-state index in [1.54, 1.807) is 0 Å². The van der Waals surface area contributed by atoms with Crippen LogP contribution in [0, 0.1) is 0 Å². The highest BCUT2D eigenvalue weighted by Gasteiger charge is 2.55. The lowest BCUT2D eigenvalue weighted by atomic mass is 9.95. The number of aliphatic hydroxyl groups is 11. The fraction of sp³-hybridized carbons (Fsp3) is 0.962. The molecule has 4 aliphatic heterocycles. The molecule has 46 heavy (non-hydrogen) atoms. The van der Waals surface area contributed by atoms with Gasteiger partial charge in [-0.15, -0.1) is 0 Å². The smallest absolute Gasteiger partial charge is 0.217 e. The highest BCUT2D eigenvalue weighted by Crippen LogP contribution is 2.34. The minimum Gasteiger partial charge on any atom is -0.394 e. The molecule has 0 unspecified atom stereocenters. The summed E-state index contributed by atoms with van der Waals surface area (Å²) in [6.45, 7) is 2.36. The van der Waals surface area contributed by atoms with Gasteiger partial charge in [-0.3, -0.25) is 4.79 Å². The van der Waals surface area contributed by atoms with E-state index in [2.05, 4.69) is 5.32 Å². The Hall–Kier alpha value is -1.25. The van der Waals surface area contributed by atoms with Gasteiger partial charge in [-0.25, -0.2) is 0 Å². The van der Waals surface area contributed by atoms with Crippen molar-refractivity contribution in [1.82, 2.24) is 5.32 Å². The Balaban J connectivity index is 1.51. The summed E-state index contributed by atoms with van der Waals surface area (Å²) in [6, 6.07) is -1.39. The number of amides is 1. The first-order valence-electron chi connectivity index (χ1n) is 14.8. The zero-order valence-corrected chi connectivity index (χ0v) is 25.1. The molecule has 0 spiro atoms. The maximum atomic E-state index is 11.7. The molecule has 4 heterocycles. The van der Waals surface area contributed by atoms with Crippen LogP contribution < -0.4 is 5.32 Å². The Kier molecular flexibility index (Phi) is 12.7. The molecule has 0 radical (unpaired) electrons. The summed E-state index contributed by atoms with van der Waals surface area (Å²) in [5.74, 6) is -0.632. The molecule has 20 nitrogen and oxygen atoms in total. The molecular formula is C26H45NO19. The molecule has 0 aromatic rings. The predicted octanol–water partition coefficient (Wildman–Crippen LogP) is -7.55. The van der Waals surface area contributed by atoms with E-state index in [-0.39, 0.29) is 0 Å². The van der Waals surface area contributed by atoms with Crippen LogP contribution in [0.2, 0.25) is 0 Å². The van der Waals surface area contributed by atoms with E-state index < -0.39 is 142 Å². The van der Waals surface area contributed by atoms with Gasteiger partial charge in [-0.2, -0.15) is 0 Å². The molecule has 20 heteroatoms. The Labute approximate surface area is 262 Å². The summed E-state index contributed by atoms with van der Waals surface area (Å²) in [7, 11) is 0. The van der Waals surface area contributed by atoms with E-state index in [1.807, 2.05) is 0 Å². The topological polar surface area (TPSA) is 316 Å². The molecular weight excluding hydrogens is 630 g/mol. The second kappa shape index (κ2) is 15.5. The maximum absolute atomic E-state index is 11.7. The van der Waals surface area contributed by atoms with E-state index in [4.69, 9.17) is 33.2 Å². The zero-order valence-electron chi connectivity index (χ0n) is 25.1. The fourth-order valence-corrected chi connectivity index (χ4v) is 5.84. The zero-order chi connectivity index (χ0) is 34.2. The SMILES string of the molecule is CC(=O)N[C@@H]1[C@@H](O[C@H]2O[C@@H](C)[C@@H](O[C@@H]3O[C@H](CO)[C@H](O)[C@H](O)[C@H]3O[C@H]3O[C@@H](C)[C@@H](O)[C@@H](O)[C@@H]3O)[C@@H](O)[C@@H]2O)[C@H](O)[C@@H](CO)O[C@H]1O. The summed E-state index contributed by atoms with van der Waals surface area (Å²) in [6.07, 6.45) is -30.5. The van der Waals surface area contributed by atoms with Gasteiger partial charge in [0.25, 0.3) is 0 Å². The number of hydrogen-bond donors (Lipinski definition) is 12. The van der Waals surface area contributed by atoms with Crippen LogP contribution in [-0.2, 0) is 38.0 Å². The van der Waals surface area contributed by atoms with Crippen LogP contribution in [-0.4, -0.2) is 198 Å². The number of nitrogens with one attached hydrogen (secondary N) is 1. The number of carbonyl (C=O) groups excluding carboxylic acids is 1. The first-order chi connectivity index (χ1) is 21.6. The van der Waals surface area contributed by atoms with Gasteiger partial charge < -0.3 is 94.6 Å². The minimum absolute atomic E-state index is 0.632. The molecule has 12 N–H and O–H groups in total. The summed E-state index contributed by atoms with van der Waals surface area (Å²) in [4.78, 5) is 11.7. The molecule has 20 atom stereocenters. The minimum atomic E-state index is -1.92. The Morgan fingerprint density at radius 3 is 1.65 bits per heavy atom. The van der Waals surface area contributed by atoms with Gasteiger partial charge in [0.1, 0.15) is 85.4 Å². The monoisotopic (exact) mass is 675 g/mol. The van der Waals surface area contributed by atoms with Crippen LogP contribution in [0.5, 0.6) is 0 Å². The van der Waals surface area contributed by atoms with E-state index >= 15 is 0 Å². The standard InChI is InChI=1S/C26H45NO19/c1-6-12(31)15(34)18(37)24(40-6)46-22-16(35)13(32)9(4-28)43-26(22)44-20-7(2)41-25(19(38)17(20)36)45-21-11(27-8(3)30)23(39)42-10(5-29)14(21)33/h6-7,9-26,28-29,31-39H,4-5H2,1-3H3,(H,27,30)/t6-,7-,9+,10+,11+,12+,13-,14+,15+,16-,17-,18-,19-,20+,21+,22+,23+,24+,25+,26-/m0/s1. The van der Waals surface area contributed by atoms with Crippen LogP contribution in [0.15, 0.2) is 0 Å². The molecule has 268 valence electrons. The third-order valence-electron chi connectivity index (χ3n) is 8.53. The van der Waals surface area contributed by atoms with Gasteiger partial charge in [-0.1, -0.05) is 0 Å². The molecule has 0 aromatic carbocycles. The Bertz CT molecular complexity index is 997. The van der Waals surface area contributed by atoms with Crippen molar-refractivity contribution in [2.75, 3.05) is 13.2 Å². The average Bonchev–Trinajstić information content (AvgIpc) is 3.01. The maximum Gasteiger partial charge on any atom is 0.217 e. The second-order valence-corrected chi connectivity index (χ2v) is 11.8. The van der Waals surface area contributed by atoms with Crippen LogP contribution in [0.25, 0.3) is 0 Å². The Morgan fingerprint density at radius 1 is 0.565 bits per heavy atom. The average molecular weight is 676 g/mol. The van der Waals surface area contributed by atoms with Crippen LogP contribution >= 0.6 is 0 Å². The van der Waals surface area contributed by atoms with Gasteiger partial charge in [0, 0.05) is 6.92 Å². The molecule has 0 aromatic heterocycles. The van der Waals surface area contributed by atoms with Crippen molar-refractivity contribution in [2.45, 2.75) is 144 Å². The number of hydrogen-bond acceptors (Lipinski definition) is 19. The van der Waals surface area contributed by atoms with Crippen molar-refractivity contribution in [3.63, 3.8) is 0 Å². The first kappa shape index (κ1) is 37.6. The predicted molar refractivity (Wildman–Crippen MR) is 143 cm³/mol. The van der Waals surface area contributed by atoms with Gasteiger partial charge in [0.2, 0.25) is 5.91 Å². The molecule has 4 rings (SSSR count). The van der Waals surface area contributed by atoms with E-state index in [1.165, 1.54) is 13.8 Å². The largest absolute Gasteiger partial charge is 0.394 e. The number of aliphatic hydroxyl groups excluding tert-OH is 11. The molecule has 1 amide bonds. The summed E-state index contributed by atoms with van der Waals surface area (Å²) >= 11 is 0. The van der Waals surface area contributed by atoms with Gasteiger partial charge in [0.05, 0.1) is 25.4 Å². The third kappa shape index (κ3) is 7.64. The summed E-state index contributed by atoms with van der Waals surface area (Å²) < 4.78 is 39.1. The fourth-order valence-electron chi connectivity index (χ4n) is 5.84. The molecule has 0 bridgehead atoms. The summed E-state index contributed by atoms with van der Waals surface area (Å²) in [5.41, 5.74) is 0. The van der Waals surface area contributed by atoms with Gasteiger partial charge in [-0.05, 0) is 13.8 Å². The lowest BCUT2D eigenvalue weighted by Crippen LogP contribution is -2.68. The van der Waals surface area contributed by atoms with E-state index in [0.717, 1.165) is 6.92 Å². The third-order valence-corrected chi connectivity index (χ3v) is 8.53. The molecule has 0 aliphatic carbocycles. The number of carbonyl (C=O) groups is 1. The quantitative estimate of drug-likeness (QED) is 0.108. The molecule has 4 saturated heterocycles. The lowest BCUT2D eigenvalue weighted by Gasteiger charge is -2.49. The number of ether oxygens (including phenoxy) is 7. The van der Waals surface area contributed by atoms with Crippen LogP contribution in [0.3, 0.4) is 0 Å². The van der Waals surface area contributed by atoms with Crippen molar-refractivity contribution < 1.29 is 94.1 Å². The molecule has 0 saturated carbocycles. The highest BCUT2D eigenvalue weighted by atomic mass is 16.8.